The van der Waals surface area contributed by atoms with Gasteiger partial charge in [0.2, 0.25) is 0 Å². The first kappa shape index (κ1) is 14.6. The van der Waals surface area contributed by atoms with Crippen molar-refractivity contribution < 1.29 is 0 Å². The van der Waals surface area contributed by atoms with Gasteiger partial charge in [-0.1, -0.05) is 17.7 Å². The first-order valence-corrected chi connectivity index (χ1v) is 7.78. The average Bonchev–Trinajstić information content (AvgIpc) is 2.98. The fourth-order valence-electron chi connectivity index (χ4n) is 2.41. The van der Waals surface area contributed by atoms with Gasteiger partial charge in [0.15, 0.2) is 17.3 Å². The van der Waals surface area contributed by atoms with E-state index in [1.807, 2.05) is 48.5 Å². The van der Waals surface area contributed by atoms with Crippen LogP contribution in [0.2, 0.25) is 5.02 Å². The molecular weight excluding hydrogens is 324 g/mol. The smallest absolute Gasteiger partial charge is 0.178 e. The first-order chi connectivity index (χ1) is 11.8. The van der Waals surface area contributed by atoms with Crippen molar-refractivity contribution >= 4 is 28.8 Å². The maximum absolute atomic E-state index is 6.01. The van der Waals surface area contributed by atoms with E-state index in [1.165, 1.54) is 0 Å². The summed E-state index contributed by atoms with van der Waals surface area (Å²) in [5, 5.41) is 16.9. The van der Waals surface area contributed by atoms with E-state index in [0.717, 1.165) is 17.1 Å². The molecule has 0 fully saturated rings. The molecular formula is C17H13ClN6. The number of hydrogen-bond acceptors (Lipinski definition) is 5. The van der Waals surface area contributed by atoms with E-state index in [9.17, 15) is 0 Å². The standard InChI is InChI=1S/C17H13ClN6/c18-13-2-1-3-14(11-13)20-15-4-5-16-21-22-17(24(16)23-15)10-12-6-8-19-9-7-12/h1-9,11H,10H2,(H,20,23). The molecule has 24 heavy (non-hydrogen) atoms. The lowest BCUT2D eigenvalue weighted by molar-refractivity contribution is 0.841. The van der Waals surface area contributed by atoms with E-state index < -0.39 is 0 Å². The molecule has 0 bridgehead atoms. The van der Waals surface area contributed by atoms with E-state index in [4.69, 9.17) is 11.6 Å². The largest absolute Gasteiger partial charge is 0.339 e. The SMILES string of the molecule is Clc1cccc(Nc2ccc3nnc(Cc4ccncc4)n3n2)c1. The topological polar surface area (TPSA) is 68.0 Å². The van der Waals surface area contributed by atoms with E-state index in [0.29, 0.717) is 22.9 Å². The molecule has 0 aliphatic heterocycles. The highest BCUT2D eigenvalue weighted by Gasteiger charge is 2.09. The number of benzene rings is 1. The quantitative estimate of drug-likeness (QED) is 0.617. The number of hydrogen-bond donors (Lipinski definition) is 1. The van der Waals surface area contributed by atoms with E-state index in [2.05, 4.69) is 25.6 Å². The number of rotatable bonds is 4. The Kier molecular flexibility index (Phi) is 3.80. The Bertz CT molecular complexity index is 983. The first-order valence-electron chi connectivity index (χ1n) is 7.41. The lowest BCUT2D eigenvalue weighted by atomic mass is 10.2. The molecule has 0 saturated carbocycles. The Hall–Kier alpha value is -2.99. The van der Waals surface area contributed by atoms with Gasteiger partial charge in [-0.25, -0.2) is 0 Å². The molecule has 6 nitrogen and oxygen atoms in total. The van der Waals surface area contributed by atoms with Gasteiger partial charge in [-0.15, -0.1) is 15.3 Å². The number of nitrogens with one attached hydrogen (secondary N) is 1. The summed E-state index contributed by atoms with van der Waals surface area (Å²) in [4.78, 5) is 4.03. The van der Waals surface area contributed by atoms with Gasteiger partial charge in [0, 0.05) is 29.5 Å². The monoisotopic (exact) mass is 336 g/mol. The van der Waals surface area contributed by atoms with Crippen molar-refractivity contribution in [2.24, 2.45) is 0 Å². The van der Waals surface area contributed by atoms with Crippen molar-refractivity contribution in [3.8, 4) is 0 Å². The maximum Gasteiger partial charge on any atom is 0.178 e. The second-order valence-corrected chi connectivity index (χ2v) is 5.71. The zero-order valence-corrected chi connectivity index (χ0v) is 13.4. The molecule has 7 heteroatoms. The van der Waals surface area contributed by atoms with Gasteiger partial charge in [0.05, 0.1) is 0 Å². The summed E-state index contributed by atoms with van der Waals surface area (Å²) < 4.78 is 1.74. The van der Waals surface area contributed by atoms with Crippen LogP contribution in [-0.2, 0) is 6.42 Å². The van der Waals surface area contributed by atoms with Crippen molar-refractivity contribution in [3.63, 3.8) is 0 Å². The van der Waals surface area contributed by atoms with Crippen LogP contribution in [0.1, 0.15) is 11.4 Å². The molecule has 1 aromatic carbocycles. The number of halogens is 1. The second-order valence-electron chi connectivity index (χ2n) is 5.27. The van der Waals surface area contributed by atoms with Crippen LogP contribution < -0.4 is 5.32 Å². The van der Waals surface area contributed by atoms with Crippen LogP contribution in [0.3, 0.4) is 0 Å². The van der Waals surface area contributed by atoms with Crippen molar-refractivity contribution in [1.82, 2.24) is 24.8 Å². The maximum atomic E-state index is 6.01. The Morgan fingerprint density at radius 2 is 1.88 bits per heavy atom. The lowest BCUT2D eigenvalue weighted by Crippen LogP contribution is -2.03. The van der Waals surface area contributed by atoms with Gasteiger partial charge in [-0.05, 0) is 48.0 Å². The van der Waals surface area contributed by atoms with Gasteiger partial charge in [0.1, 0.15) is 0 Å². The number of anilines is 2. The molecule has 1 N–H and O–H groups in total. The number of fused-ring (bicyclic) bond motifs is 1. The molecule has 3 aromatic heterocycles. The van der Waals surface area contributed by atoms with Gasteiger partial charge in [0.25, 0.3) is 0 Å². The summed E-state index contributed by atoms with van der Waals surface area (Å²) in [5.74, 6) is 1.46. The van der Waals surface area contributed by atoms with Crippen LogP contribution in [0.4, 0.5) is 11.5 Å². The number of aromatic nitrogens is 5. The zero-order valence-electron chi connectivity index (χ0n) is 12.6. The third-order valence-electron chi connectivity index (χ3n) is 3.54. The highest BCUT2D eigenvalue weighted by Crippen LogP contribution is 2.19. The summed E-state index contributed by atoms with van der Waals surface area (Å²) in [6.45, 7) is 0. The van der Waals surface area contributed by atoms with Crippen LogP contribution in [0.15, 0.2) is 60.9 Å². The fourth-order valence-corrected chi connectivity index (χ4v) is 2.60. The van der Waals surface area contributed by atoms with Gasteiger partial charge >= 0.3 is 0 Å². The predicted molar refractivity (Wildman–Crippen MR) is 92.6 cm³/mol. The minimum absolute atomic E-state index is 0.636. The van der Waals surface area contributed by atoms with Crippen LogP contribution >= 0.6 is 11.6 Å². The third kappa shape index (κ3) is 3.04. The third-order valence-corrected chi connectivity index (χ3v) is 3.77. The van der Waals surface area contributed by atoms with E-state index in [-0.39, 0.29) is 0 Å². The Balaban J connectivity index is 1.65. The minimum Gasteiger partial charge on any atom is -0.339 e. The van der Waals surface area contributed by atoms with Crippen LogP contribution in [0, 0.1) is 0 Å². The fraction of sp³-hybridized carbons (Fsp3) is 0.0588. The Morgan fingerprint density at radius 3 is 2.71 bits per heavy atom. The van der Waals surface area contributed by atoms with Crippen molar-refractivity contribution in [2.45, 2.75) is 6.42 Å². The normalized spacial score (nSPS) is 10.9. The van der Waals surface area contributed by atoms with Crippen molar-refractivity contribution in [3.05, 3.63) is 77.3 Å². The summed E-state index contributed by atoms with van der Waals surface area (Å²) >= 11 is 6.01. The van der Waals surface area contributed by atoms with E-state index in [1.54, 1.807) is 16.9 Å². The Morgan fingerprint density at radius 1 is 1.00 bits per heavy atom. The molecule has 0 saturated heterocycles. The average molecular weight is 337 g/mol. The van der Waals surface area contributed by atoms with Crippen LogP contribution in [0.5, 0.6) is 0 Å². The highest BCUT2D eigenvalue weighted by atomic mass is 35.5. The molecule has 4 aromatic rings. The lowest BCUT2D eigenvalue weighted by Gasteiger charge is -2.06. The number of nitrogens with zero attached hydrogens (tertiary/aromatic N) is 5. The second kappa shape index (κ2) is 6.25. The summed E-state index contributed by atoms with van der Waals surface area (Å²) in [7, 11) is 0. The molecule has 0 aliphatic carbocycles. The van der Waals surface area contributed by atoms with Crippen LogP contribution in [0.25, 0.3) is 5.65 Å². The van der Waals surface area contributed by atoms with Crippen LogP contribution in [-0.4, -0.2) is 24.8 Å². The van der Waals surface area contributed by atoms with Crippen molar-refractivity contribution in [2.75, 3.05) is 5.32 Å². The molecule has 118 valence electrons. The minimum atomic E-state index is 0.636. The predicted octanol–water partition coefficient (Wildman–Crippen LogP) is 3.51. The van der Waals surface area contributed by atoms with Gasteiger partial charge < -0.3 is 5.32 Å². The summed E-state index contributed by atoms with van der Waals surface area (Å²) in [5.41, 5.74) is 2.68. The summed E-state index contributed by atoms with van der Waals surface area (Å²) in [6, 6.07) is 15.1. The van der Waals surface area contributed by atoms with Gasteiger partial charge in [-0.2, -0.15) is 4.52 Å². The Labute approximate surface area is 143 Å². The molecule has 3 heterocycles. The molecule has 0 amide bonds. The molecule has 4 rings (SSSR count). The van der Waals surface area contributed by atoms with Gasteiger partial charge in [-0.3, -0.25) is 4.98 Å². The number of pyridine rings is 1. The molecule has 0 atom stereocenters. The molecule has 0 aliphatic rings. The molecule has 0 unspecified atom stereocenters. The molecule has 0 radical (unpaired) electrons. The highest BCUT2D eigenvalue weighted by molar-refractivity contribution is 6.30. The zero-order chi connectivity index (χ0) is 16.4. The molecule has 0 spiro atoms. The van der Waals surface area contributed by atoms with Crippen molar-refractivity contribution in [1.29, 1.82) is 0 Å². The summed E-state index contributed by atoms with van der Waals surface area (Å²) in [6.07, 6.45) is 4.16. The van der Waals surface area contributed by atoms with E-state index >= 15 is 0 Å².